The number of ether oxygens (including phenoxy) is 2. The Balaban J connectivity index is 1.04. The molecule has 0 N–H and O–H groups in total. The lowest BCUT2D eigenvalue weighted by molar-refractivity contribution is -0.166. The molecular formula is C29H34N2O4. The predicted octanol–water partition coefficient (Wildman–Crippen LogP) is 4.91. The average Bonchev–Trinajstić information content (AvgIpc) is 3.36. The van der Waals surface area contributed by atoms with Crippen molar-refractivity contribution in [1.82, 2.24) is 9.88 Å². The largest absolute Gasteiger partial charge is 0.487 e. The van der Waals surface area contributed by atoms with Gasteiger partial charge in [0.25, 0.3) is 0 Å². The van der Waals surface area contributed by atoms with Gasteiger partial charge < -0.3 is 14.4 Å². The van der Waals surface area contributed by atoms with Crippen LogP contribution < -0.4 is 4.74 Å². The molecule has 184 valence electrons. The first kappa shape index (κ1) is 22.6. The highest BCUT2D eigenvalue weighted by atomic mass is 16.5. The molecule has 4 saturated carbocycles. The van der Waals surface area contributed by atoms with Crippen LogP contribution in [0, 0.1) is 23.2 Å². The van der Waals surface area contributed by atoms with Crippen LogP contribution in [-0.4, -0.2) is 34.3 Å². The smallest absolute Gasteiger partial charge is 0.329 e. The minimum absolute atomic E-state index is 0.204. The van der Waals surface area contributed by atoms with Crippen molar-refractivity contribution in [2.45, 2.75) is 70.6 Å². The van der Waals surface area contributed by atoms with Gasteiger partial charge in [0.05, 0.1) is 11.1 Å². The number of hydrogen-bond donors (Lipinski definition) is 0. The first-order chi connectivity index (χ1) is 17.1. The van der Waals surface area contributed by atoms with E-state index in [0.717, 1.165) is 42.7 Å². The number of likely N-dealkylation sites (tertiary alicyclic amines) is 1. The van der Waals surface area contributed by atoms with Gasteiger partial charge in [0.15, 0.2) is 0 Å². The van der Waals surface area contributed by atoms with Gasteiger partial charge in [0, 0.05) is 12.7 Å². The highest BCUT2D eigenvalue weighted by Crippen LogP contribution is 2.60. The number of rotatable bonds is 7. The van der Waals surface area contributed by atoms with Gasteiger partial charge >= 0.3 is 5.97 Å². The molecule has 0 spiro atoms. The van der Waals surface area contributed by atoms with Crippen LogP contribution in [0.5, 0.6) is 5.75 Å². The first-order valence-electron chi connectivity index (χ1n) is 13.2. The molecule has 0 radical (unpaired) electrons. The van der Waals surface area contributed by atoms with Crippen LogP contribution in [0.15, 0.2) is 48.7 Å². The maximum absolute atomic E-state index is 13.8. The fraction of sp³-hybridized carbons (Fsp3) is 0.552. The standard InChI is InChI=1S/C29H34N2O4/c32-27(35-18-20-6-8-25(9-7-20)34-19-24-4-1-2-10-30-24)26-5-3-11-31(26)28(33)29-15-21-12-22(16-29)14-23(13-21)17-29/h1-2,4,6-10,21-23,26H,3,5,11-19H2. The lowest BCUT2D eigenvalue weighted by Crippen LogP contribution is -2.56. The Labute approximate surface area is 207 Å². The predicted molar refractivity (Wildman–Crippen MR) is 130 cm³/mol. The van der Waals surface area contributed by atoms with Crippen LogP contribution in [0.1, 0.15) is 62.6 Å². The molecule has 6 heteroatoms. The highest BCUT2D eigenvalue weighted by Gasteiger charge is 2.57. The van der Waals surface area contributed by atoms with Crippen LogP contribution >= 0.6 is 0 Å². The van der Waals surface area contributed by atoms with Crippen molar-refractivity contribution in [3.05, 3.63) is 59.9 Å². The number of hydrogen-bond acceptors (Lipinski definition) is 5. The number of carbonyl (C=O) groups is 2. The molecule has 1 amide bonds. The first-order valence-corrected chi connectivity index (χ1v) is 13.2. The number of aromatic nitrogens is 1. The van der Waals surface area contributed by atoms with E-state index in [2.05, 4.69) is 4.98 Å². The molecule has 1 aromatic carbocycles. The minimum atomic E-state index is -0.434. The van der Waals surface area contributed by atoms with E-state index >= 15 is 0 Å². The zero-order chi connectivity index (χ0) is 23.8. The molecule has 4 bridgehead atoms. The summed E-state index contributed by atoms with van der Waals surface area (Å²) in [6.07, 6.45) is 10.4. The zero-order valence-corrected chi connectivity index (χ0v) is 20.2. The molecule has 2 aromatic rings. The molecule has 35 heavy (non-hydrogen) atoms. The number of pyridine rings is 1. The second-order valence-corrected chi connectivity index (χ2v) is 11.2. The molecule has 6 nitrogen and oxygen atoms in total. The van der Waals surface area contributed by atoms with Crippen molar-refractivity contribution >= 4 is 11.9 Å². The molecule has 5 aliphatic rings. The lowest BCUT2D eigenvalue weighted by Gasteiger charge is -2.56. The summed E-state index contributed by atoms with van der Waals surface area (Å²) in [7, 11) is 0. The molecule has 7 rings (SSSR count). The summed E-state index contributed by atoms with van der Waals surface area (Å²) in [5.41, 5.74) is 1.57. The Morgan fingerprint density at radius 2 is 1.66 bits per heavy atom. The SMILES string of the molecule is O=C(OCc1ccc(OCc2ccccn2)cc1)C1CCCN1C(=O)C12CC3CC(CC(C3)C1)C2. The molecule has 1 unspecified atom stereocenters. The maximum Gasteiger partial charge on any atom is 0.329 e. The van der Waals surface area contributed by atoms with Crippen molar-refractivity contribution in [3.8, 4) is 5.75 Å². The van der Waals surface area contributed by atoms with Crippen molar-refractivity contribution in [2.75, 3.05) is 6.54 Å². The number of carbonyl (C=O) groups excluding carboxylic acids is 2. The van der Waals surface area contributed by atoms with E-state index < -0.39 is 6.04 Å². The van der Waals surface area contributed by atoms with Gasteiger partial charge in [-0.05, 0) is 98.9 Å². The summed E-state index contributed by atoms with van der Waals surface area (Å²) in [5.74, 6) is 2.87. The van der Waals surface area contributed by atoms with Gasteiger partial charge in [0.1, 0.15) is 25.0 Å². The summed E-state index contributed by atoms with van der Waals surface area (Å²) in [6, 6.07) is 12.9. The molecule has 2 heterocycles. The topological polar surface area (TPSA) is 68.7 Å². The molecule has 1 aliphatic heterocycles. The van der Waals surface area contributed by atoms with E-state index in [0.29, 0.717) is 37.3 Å². The van der Waals surface area contributed by atoms with Gasteiger partial charge in [-0.25, -0.2) is 4.79 Å². The van der Waals surface area contributed by atoms with Crippen LogP contribution in [0.4, 0.5) is 0 Å². The maximum atomic E-state index is 13.8. The number of esters is 1. The highest BCUT2D eigenvalue weighted by molar-refractivity contribution is 5.89. The summed E-state index contributed by atoms with van der Waals surface area (Å²) in [4.78, 5) is 33.0. The number of nitrogens with zero attached hydrogens (tertiary/aromatic N) is 2. The zero-order valence-electron chi connectivity index (χ0n) is 20.2. The Kier molecular flexibility index (Phi) is 5.99. The van der Waals surface area contributed by atoms with E-state index in [-0.39, 0.29) is 23.9 Å². The third kappa shape index (κ3) is 4.55. The third-order valence-corrected chi connectivity index (χ3v) is 8.69. The van der Waals surface area contributed by atoms with E-state index in [1.54, 1.807) is 6.20 Å². The fourth-order valence-electron chi connectivity index (χ4n) is 7.51. The van der Waals surface area contributed by atoms with Gasteiger partial charge in [-0.3, -0.25) is 9.78 Å². The van der Waals surface area contributed by atoms with E-state index in [4.69, 9.17) is 9.47 Å². The third-order valence-electron chi connectivity index (χ3n) is 8.69. The molecule has 4 aliphatic carbocycles. The van der Waals surface area contributed by atoms with E-state index in [1.807, 2.05) is 47.4 Å². The van der Waals surface area contributed by atoms with Crippen molar-refractivity contribution < 1.29 is 19.1 Å². The minimum Gasteiger partial charge on any atom is -0.487 e. The molecule has 5 fully saturated rings. The van der Waals surface area contributed by atoms with Gasteiger partial charge in [0.2, 0.25) is 5.91 Å². The average molecular weight is 475 g/mol. The van der Waals surface area contributed by atoms with Gasteiger partial charge in [-0.2, -0.15) is 0 Å². The molecule has 1 saturated heterocycles. The fourth-order valence-corrected chi connectivity index (χ4v) is 7.51. The summed E-state index contributed by atoms with van der Waals surface area (Å²) >= 11 is 0. The quantitative estimate of drug-likeness (QED) is 0.534. The van der Waals surface area contributed by atoms with E-state index in [9.17, 15) is 9.59 Å². The second kappa shape index (κ2) is 9.29. The summed E-state index contributed by atoms with van der Waals surface area (Å²) in [5, 5.41) is 0. The number of benzene rings is 1. The second-order valence-electron chi connectivity index (χ2n) is 11.2. The van der Waals surface area contributed by atoms with Crippen molar-refractivity contribution in [2.24, 2.45) is 23.2 Å². The number of amides is 1. The normalized spacial score (nSPS) is 30.9. The Hall–Kier alpha value is -2.89. The van der Waals surface area contributed by atoms with Crippen molar-refractivity contribution in [1.29, 1.82) is 0 Å². The Morgan fingerprint density at radius 1 is 0.943 bits per heavy atom. The van der Waals surface area contributed by atoms with Crippen LogP contribution in [0.25, 0.3) is 0 Å². The van der Waals surface area contributed by atoms with Crippen LogP contribution in [0.3, 0.4) is 0 Å². The molecule has 1 aromatic heterocycles. The molecular weight excluding hydrogens is 440 g/mol. The van der Waals surface area contributed by atoms with Crippen LogP contribution in [-0.2, 0) is 27.5 Å². The van der Waals surface area contributed by atoms with Gasteiger partial charge in [-0.15, -0.1) is 0 Å². The van der Waals surface area contributed by atoms with Gasteiger partial charge in [-0.1, -0.05) is 18.2 Å². The summed E-state index contributed by atoms with van der Waals surface area (Å²) < 4.78 is 11.5. The summed E-state index contributed by atoms with van der Waals surface area (Å²) in [6.45, 7) is 1.29. The Morgan fingerprint density at radius 3 is 2.31 bits per heavy atom. The van der Waals surface area contributed by atoms with Crippen molar-refractivity contribution in [3.63, 3.8) is 0 Å². The Bertz CT molecular complexity index is 1030. The van der Waals surface area contributed by atoms with Crippen LogP contribution in [0.2, 0.25) is 0 Å². The van der Waals surface area contributed by atoms with E-state index in [1.165, 1.54) is 19.3 Å². The monoisotopic (exact) mass is 474 g/mol. The molecule has 1 atom stereocenters. The lowest BCUT2D eigenvalue weighted by atomic mass is 9.49.